The maximum atomic E-state index is 13.2. The van der Waals surface area contributed by atoms with Crippen molar-refractivity contribution in [1.29, 1.82) is 0 Å². The van der Waals surface area contributed by atoms with Crippen molar-refractivity contribution in [3.05, 3.63) is 32.5 Å². The summed E-state index contributed by atoms with van der Waals surface area (Å²) in [5, 5.41) is 16.1. The van der Waals surface area contributed by atoms with Gasteiger partial charge in [-0.25, -0.2) is 4.39 Å². The highest BCUT2D eigenvalue weighted by molar-refractivity contribution is 9.10. The molecule has 0 aliphatic heterocycles. The Morgan fingerprint density at radius 2 is 2.21 bits per heavy atom. The number of nitrogens with zero attached hydrogens (tertiary/aromatic N) is 1. The molecule has 0 saturated heterocycles. The molecule has 19 heavy (non-hydrogen) atoms. The van der Waals surface area contributed by atoms with Gasteiger partial charge in [0.15, 0.2) is 0 Å². The van der Waals surface area contributed by atoms with E-state index in [-0.39, 0.29) is 34.7 Å². The van der Waals surface area contributed by atoms with Crippen molar-refractivity contribution < 1.29 is 14.1 Å². The molecular formula is C11H13BrFN3O3. The molecule has 1 aromatic carbocycles. The number of hydrogen-bond acceptors (Lipinski definition) is 4. The van der Waals surface area contributed by atoms with E-state index >= 15 is 0 Å². The molecule has 0 fully saturated rings. The summed E-state index contributed by atoms with van der Waals surface area (Å²) in [6.45, 7) is 2.55. The molecule has 0 spiro atoms. The Labute approximate surface area is 117 Å². The molecule has 1 amide bonds. The van der Waals surface area contributed by atoms with E-state index in [1.807, 2.05) is 0 Å². The van der Waals surface area contributed by atoms with E-state index in [0.29, 0.717) is 6.54 Å². The van der Waals surface area contributed by atoms with Crippen LogP contribution in [0.4, 0.5) is 15.8 Å². The lowest BCUT2D eigenvalue weighted by Crippen LogP contribution is -2.24. The zero-order chi connectivity index (χ0) is 14.4. The summed E-state index contributed by atoms with van der Waals surface area (Å²) >= 11 is 2.96. The van der Waals surface area contributed by atoms with Gasteiger partial charge < -0.3 is 10.6 Å². The van der Waals surface area contributed by atoms with E-state index < -0.39 is 10.7 Å². The second-order valence-electron chi connectivity index (χ2n) is 3.67. The van der Waals surface area contributed by atoms with Gasteiger partial charge in [-0.15, -0.1) is 0 Å². The van der Waals surface area contributed by atoms with Crippen molar-refractivity contribution in [1.82, 2.24) is 5.32 Å². The number of rotatable bonds is 6. The second kappa shape index (κ2) is 7.03. The molecule has 0 aliphatic carbocycles. The van der Waals surface area contributed by atoms with Gasteiger partial charge in [-0.2, -0.15) is 0 Å². The van der Waals surface area contributed by atoms with Gasteiger partial charge in [-0.05, 0) is 28.9 Å². The third-order valence-corrected chi connectivity index (χ3v) is 2.88. The van der Waals surface area contributed by atoms with Crippen LogP contribution < -0.4 is 10.6 Å². The topological polar surface area (TPSA) is 84.3 Å². The Hall–Kier alpha value is -1.70. The van der Waals surface area contributed by atoms with Gasteiger partial charge in [0, 0.05) is 19.5 Å². The number of benzene rings is 1. The summed E-state index contributed by atoms with van der Waals surface area (Å²) in [5.74, 6) is -0.861. The third-order valence-electron chi connectivity index (χ3n) is 2.28. The molecule has 0 bridgehead atoms. The molecule has 0 heterocycles. The largest absolute Gasteiger partial charge is 0.379 e. The maximum Gasteiger partial charge on any atom is 0.295 e. The second-order valence-corrected chi connectivity index (χ2v) is 4.53. The predicted molar refractivity (Wildman–Crippen MR) is 72.5 cm³/mol. The van der Waals surface area contributed by atoms with Gasteiger partial charge in [-0.3, -0.25) is 14.9 Å². The van der Waals surface area contributed by atoms with E-state index in [0.717, 1.165) is 6.07 Å². The summed E-state index contributed by atoms with van der Waals surface area (Å²) in [4.78, 5) is 21.3. The highest BCUT2D eigenvalue weighted by atomic mass is 79.9. The molecule has 6 nitrogen and oxygen atoms in total. The minimum Gasteiger partial charge on any atom is -0.379 e. The number of nitro groups is 1. The van der Waals surface area contributed by atoms with Gasteiger partial charge in [-0.1, -0.05) is 0 Å². The zero-order valence-corrected chi connectivity index (χ0v) is 11.8. The maximum absolute atomic E-state index is 13.2. The molecule has 0 radical (unpaired) electrons. The van der Waals surface area contributed by atoms with E-state index in [4.69, 9.17) is 0 Å². The number of halogens is 2. The van der Waals surface area contributed by atoms with E-state index in [2.05, 4.69) is 26.6 Å². The number of nitrogens with one attached hydrogen (secondary N) is 2. The minimum absolute atomic E-state index is 0.124. The van der Waals surface area contributed by atoms with Crippen LogP contribution in [0.2, 0.25) is 0 Å². The number of amides is 1. The smallest absolute Gasteiger partial charge is 0.295 e. The number of carbonyl (C=O) groups is 1. The van der Waals surface area contributed by atoms with Gasteiger partial charge in [0.25, 0.3) is 5.69 Å². The minimum atomic E-state index is -0.707. The highest BCUT2D eigenvalue weighted by Crippen LogP contribution is 2.30. The highest BCUT2D eigenvalue weighted by Gasteiger charge is 2.17. The molecule has 0 aromatic heterocycles. The SMILES string of the molecule is CCNC(=O)CCNc1cc(Br)c(F)cc1[N+](=O)[O-]. The monoisotopic (exact) mass is 333 g/mol. The van der Waals surface area contributed by atoms with Crippen LogP contribution in [0, 0.1) is 15.9 Å². The van der Waals surface area contributed by atoms with Gasteiger partial charge >= 0.3 is 0 Å². The first-order valence-corrected chi connectivity index (χ1v) is 6.39. The Morgan fingerprint density at radius 3 is 2.79 bits per heavy atom. The zero-order valence-electron chi connectivity index (χ0n) is 10.2. The predicted octanol–water partition coefficient (Wildman–Crippen LogP) is 2.43. The van der Waals surface area contributed by atoms with Crippen molar-refractivity contribution >= 4 is 33.2 Å². The lowest BCUT2D eigenvalue weighted by atomic mass is 10.2. The van der Waals surface area contributed by atoms with Crippen molar-refractivity contribution in [2.45, 2.75) is 13.3 Å². The molecule has 104 valence electrons. The van der Waals surface area contributed by atoms with Gasteiger partial charge in [0.1, 0.15) is 11.5 Å². The fourth-order valence-corrected chi connectivity index (χ4v) is 1.77. The van der Waals surface area contributed by atoms with Crippen LogP contribution in [0.3, 0.4) is 0 Å². The van der Waals surface area contributed by atoms with Crippen LogP contribution >= 0.6 is 15.9 Å². The Balaban J connectivity index is 2.74. The molecule has 8 heteroatoms. The molecule has 0 unspecified atom stereocenters. The first-order valence-electron chi connectivity index (χ1n) is 5.59. The molecule has 0 aliphatic rings. The lowest BCUT2D eigenvalue weighted by molar-refractivity contribution is -0.384. The van der Waals surface area contributed by atoms with Crippen LogP contribution in [0.5, 0.6) is 0 Å². The lowest BCUT2D eigenvalue weighted by Gasteiger charge is -2.08. The fraction of sp³-hybridized carbons (Fsp3) is 0.364. The first-order chi connectivity index (χ1) is 8.95. The van der Waals surface area contributed by atoms with Crippen LogP contribution in [0.15, 0.2) is 16.6 Å². The molecule has 1 rings (SSSR count). The molecular weight excluding hydrogens is 321 g/mol. The van der Waals surface area contributed by atoms with Crippen LogP contribution in [0.25, 0.3) is 0 Å². The third kappa shape index (κ3) is 4.47. The number of hydrogen-bond donors (Lipinski definition) is 2. The van der Waals surface area contributed by atoms with Crippen molar-refractivity contribution in [3.8, 4) is 0 Å². The first kappa shape index (κ1) is 15.4. The van der Waals surface area contributed by atoms with E-state index in [1.54, 1.807) is 6.92 Å². The molecule has 0 atom stereocenters. The normalized spacial score (nSPS) is 10.1. The summed E-state index contributed by atoms with van der Waals surface area (Å²) in [5.41, 5.74) is -0.195. The summed E-state index contributed by atoms with van der Waals surface area (Å²) in [6, 6.07) is 2.11. The Morgan fingerprint density at radius 1 is 1.53 bits per heavy atom. The van der Waals surface area contributed by atoms with Crippen molar-refractivity contribution in [2.75, 3.05) is 18.4 Å². The van der Waals surface area contributed by atoms with E-state index in [1.165, 1.54) is 6.07 Å². The Kier molecular flexibility index (Phi) is 5.68. The quantitative estimate of drug-likeness (QED) is 0.618. The van der Waals surface area contributed by atoms with Crippen molar-refractivity contribution in [2.24, 2.45) is 0 Å². The van der Waals surface area contributed by atoms with Crippen LogP contribution in [-0.2, 0) is 4.79 Å². The number of nitro benzene ring substituents is 1. The van der Waals surface area contributed by atoms with Crippen LogP contribution in [0.1, 0.15) is 13.3 Å². The molecule has 2 N–H and O–H groups in total. The summed E-state index contributed by atoms with van der Waals surface area (Å²) < 4.78 is 13.4. The fourth-order valence-electron chi connectivity index (χ4n) is 1.43. The number of carbonyl (C=O) groups excluding carboxylic acids is 1. The van der Waals surface area contributed by atoms with Crippen molar-refractivity contribution in [3.63, 3.8) is 0 Å². The molecule has 0 saturated carbocycles. The Bertz CT molecular complexity index is 496. The average Bonchev–Trinajstić information content (AvgIpc) is 2.33. The molecule has 1 aromatic rings. The van der Waals surface area contributed by atoms with Gasteiger partial charge in [0.05, 0.1) is 15.5 Å². The average molecular weight is 334 g/mol. The summed E-state index contributed by atoms with van der Waals surface area (Å²) in [7, 11) is 0. The van der Waals surface area contributed by atoms with E-state index in [9.17, 15) is 19.3 Å². The van der Waals surface area contributed by atoms with Gasteiger partial charge in [0.2, 0.25) is 5.91 Å². The summed E-state index contributed by atoms with van der Waals surface area (Å²) in [6.07, 6.45) is 0.181. The standard InChI is InChI=1S/C11H13BrFN3O3/c1-2-14-11(17)3-4-15-9-5-7(12)8(13)6-10(9)16(18)19/h5-6,15H,2-4H2,1H3,(H,14,17). The van der Waals surface area contributed by atoms with Crippen LogP contribution in [-0.4, -0.2) is 23.9 Å². The number of anilines is 1.